The quantitative estimate of drug-likeness (QED) is 0.481. The third-order valence-electron chi connectivity index (χ3n) is 5.71. The van der Waals surface area contributed by atoms with Gasteiger partial charge in [-0.25, -0.2) is 0 Å². The van der Waals surface area contributed by atoms with E-state index in [4.69, 9.17) is 4.74 Å². The Hall–Kier alpha value is -1.17. The number of benzene rings is 2. The minimum atomic E-state index is -0.595. The molecule has 0 aliphatic carbocycles. The Morgan fingerprint density at radius 2 is 1.75 bits per heavy atom. The van der Waals surface area contributed by atoms with Crippen LogP contribution in [-0.4, -0.2) is 36.9 Å². The summed E-state index contributed by atoms with van der Waals surface area (Å²) in [5, 5.41) is 0. The number of hydrogen-bond donors (Lipinski definition) is 0. The Bertz CT molecular complexity index is 875. The molecule has 5 heteroatoms. The van der Waals surface area contributed by atoms with E-state index in [-0.39, 0.29) is 5.78 Å². The van der Waals surface area contributed by atoms with Gasteiger partial charge in [0.05, 0.1) is 15.5 Å². The smallest absolute Gasteiger partial charge is 0.177 e. The molecule has 0 N–H and O–H groups in total. The van der Waals surface area contributed by atoms with Crippen LogP contribution in [-0.2, 0) is 6.42 Å². The van der Waals surface area contributed by atoms with Gasteiger partial charge in [-0.2, -0.15) is 0 Å². The Balaban J connectivity index is 2.06. The van der Waals surface area contributed by atoms with Gasteiger partial charge in [-0.05, 0) is 66.5 Å². The van der Waals surface area contributed by atoms with Crippen molar-refractivity contribution in [2.24, 2.45) is 5.41 Å². The largest absolute Gasteiger partial charge is 0.491 e. The van der Waals surface area contributed by atoms with Gasteiger partial charge in [0.1, 0.15) is 12.4 Å². The highest BCUT2D eigenvalue weighted by molar-refractivity contribution is 9.11. The monoisotopic (exact) mass is 507 g/mol. The average Bonchev–Trinajstić information content (AvgIpc) is 2.69. The van der Waals surface area contributed by atoms with Crippen LogP contribution >= 0.6 is 31.9 Å². The molecule has 0 saturated heterocycles. The van der Waals surface area contributed by atoms with Crippen LogP contribution in [0.2, 0.25) is 0 Å². The van der Waals surface area contributed by atoms with Gasteiger partial charge in [-0.1, -0.05) is 59.6 Å². The van der Waals surface area contributed by atoms with Gasteiger partial charge in [0.25, 0.3) is 0 Å². The first-order valence-electron chi connectivity index (χ1n) is 9.75. The van der Waals surface area contributed by atoms with Gasteiger partial charge in [0, 0.05) is 11.0 Å². The van der Waals surface area contributed by atoms with Crippen molar-refractivity contribution in [2.45, 2.75) is 34.1 Å². The summed E-state index contributed by atoms with van der Waals surface area (Å²) in [6.45, 7) is 11.3. The molecule has 3 rings (SSSR count). The van der Waals surface area contributed by atoms with Gasteiger partial charge in [0.15, 0.2) is 5.78 Å². The predicted molar refractivity (Wildman–Crippen MR) is 122 cm³/mol. The number of ether oxygens (including phenoxy) is 1. The molecule has 1 aliphatic rings. The number of aryl methyl sites for hydroxylation is 1. The molecule has 0 bridgehead atoms. The number of carbonyl (C=O) groups excluding carboxylic acids is 1. The van der Waals surface area contributed by atoms with Crippen molar-refractivity contribution in [1.29, 1.82) is 0 Å². The Kier molecular flexibility index (Phi) is 6.68. The fraction of sp³-hybridized carbons (Fsp3) is 0.435. The van der Waals surface area contributed by atoms with Crippen LogP contribution in [0.15, 0.2) is 39.3 Å². The van der Waals surface area contributed by atoms with E-state index in [1.54, 1.807) is 0 Å². The molecular weight excluding hydrogens is 482 g/mol. The van der Waals surface area contributed by atoms with E-state index < -0.39 is 5.41 Å². The first kappa shape index (κ1) is 21.5. The summed E-state index contributed by atoms with van der Waals surface area (Å²) in [6.07, 6.45) is 0.672. The number of carbonyl (C=O) groups is 1. The van der Waals surface area contributed by atoms with Crippen LogP contribution in [0.1, 0.15) is 40.9 Å². The molecule has 0 saturated carbocycles. The van der Waals surface area contributed by atoms with Gasteiger partial charge >= 0.3 is 0 Å². The van der Waals surface area contributed by atoms with E-state index in [1.807, 2.05) is 13.0 Å². The van der Waals surface area contributed by atoms with Crippen molar-refractivity contribution in [3.63, 3.8) is 0 Å². The molecule has 0 aromatic heterocycles. The van der Waals surface area contributed by atoms with Crippen molar-refractivity contribution >= 4 is 37.6 Å². The first-order valence-corrected chi connectivity index (χ1v) is 11.3. The van der Waals surface area contributed by atoms with Crippen LogP contribution < -0.4 is 4.74 Å². The van der Waals surface area contributed by atoms with Gasteiger partial charge in [0.2, 0.25) is 0 Å². The van der Waals surface area contributed by atoms with Crippen LogP contribution in [0.5, 0.6) is 5.75 Å². The highest BCUT2D eigenvalue weighted by Crippen LogP contribution is 2.44. The second kappa shape index (κ2) is 8.68. The number of ketones is 1. The van der Waals surface area contributed by atoms with Crippen LogP contribution in [0.4, 0.5) is 0 Å². The molecular formula is C23H27Br2NO2. The maximum absolute atomic E-state index is 13.8. The standard InChI is InChI=1S/C23H27Br2NO2/c1-5-26(6-2)13-23(12-17-9-7-15(3)8-10-17)14-28-21-18(22(23)27)11-19(24)16(4)20(21)25/h7-11H,5-6,12-14H2,1-4H3/t23-/m0/s1. The highest BCUT2D eigenvalue weighted by Gasteiger charge is 2.46. The van der Waals surface area contributed by atoms with Gasteiger partial charge in [-0.3, -0.25) is 4.79 Å². The third-order valence-corrected chi connectivity index (χ3v) is 7.48. The maximum atomic E-state index is 13.8. The maximum Gasteiger partial charge on any atom is 0.177 e. The molecule has 1 heterocycles. The summed E-state index contributed by atoms with van der Waals surface area (Å²) in [5.74, 6) is 0.840. The molecule has 28 heavy (non-hydrogen) atoms. The van der Waals surface area contributed by atoms with E-state index in [9.17, 15) is 4.79 Å². The number of Topliss-reactive ketones (excluding diaryl/α,β-unsaturated/α-hetero) is 1. The zero-order valence-electron chi connectivity index (χ0n) is 16.9. The zero-order chi connectivity index (χ0) is 20.5. The second-order valence-corrected chi connectivity index (χ2v) is 9.34. The predicted octanol–water partition coefficient (Wildman–Crippen LogP) is 5.97. The Labute approximate surface area is 184 Å². The molecule has 0 unspecified atom stereocenters. The lowest BCUT2D eigenvalue weighted by atomic mass is 9.73. The summed E-state index contributed by atoms with van der Waals surface area (Å²) in [7, 11) is 0. The van der Waals surface area contributed by atoms with Gasteiger partial charge < -0.3 is 9.64 Å². The Morgan fingerprint density at radius 1 is 1.11 bits per heavy atom. The van der Waals surface area contributed by atoms with Crippen LogP contribution in [0.25, 0.3) is 0 Å². The SMILES string of the molecule is CCN(CC)C[C@@]1(Cc2ccc(C)cc2)COc2c(cc(Br)c(C)c2Br)C1=O. The fourth-order valence-electron chi connectivity index (χ4n) is 3.84. The molecule has 0 radical (unpaired) electrons. The van der Waals surface area contributed by atoms with E-state index in [0.29, 0.717) is 30.9 Å². The normalized spacial score (nSPS) is 18.9. The zero-order valence-corrected chi connectivity index (χ0v) is 20.1. The van der Waals surface area contributed by atoms with Crippen molar-refractivity contribution in [2.75, 3.05) is 26.2 Å². The number of fused-ring (bicyclic) bond motifs is 1. The summed E-state index contributed by atoms with van der Waals surface area (Å²) in [4.78, 5) is 16.2. The third kappa shape index (κ3) is 4.07. The molecule has 2 aromatic rings. The molecule has 2 aromatic carbocycles. The number of hydrogen-bond acceptors (Lipinski definition) is 3. The number of halogens is 2. The molecule has 0 fully saturated rings. The van der Waals surface area contributed by atoms with E-state index in [0.717, 1.165) is 27.6 Å². The second-order valence-electron chi connectivity index (χ2n) is 7.70. The molecule has 1 atom stereocenters. The number of rotatable bonds is 6. The molecule has 1 aliphatic heterocycles. The van der Waals surface area contributed by atoms with Crippen molar-refractivity contribution in [3.8, 4) is 5.75 Å². The lowest BCUT2D eigenvalue weighted by Crippen LogP contribution is -2.50. The summed E-state index contributed by atoms with van der Waals surface area (Å²) in [6, 6.07) is 10.4. The lowest BCUT2D eigenvalue weighted by Gasteiger charge is -2.40. The minimum absolute atomic E-state index is 0.169. The molecule has 150 valence electrons. The van der Waals surface area contributed by atoms with Crippen molar-refractivity contribution in [1.82, 2.24) is 4.90 Å². The highest BCUT2D eigenvalue weighted by atomic mass is 79.9. The van der Waals surface area contributed by atoms with Crippen LogP contribution in [0, 0.1) is 19.3 Å². The lowest BCUT2D eigenvalue weighted by molar-refractivity contribution is 0.0472. The Morgan fingerprint density at radius 3 is 2.36 bits per heavy atom. The summed E-state index contributed by atoms with van der Waals surface area (Å²) in [5.41, 5.74) is 3.50. The summed E-state index contributed by atoms with van der Waals surface area (Å²) >= 11 is 7.21. The van der Waals surface area contributed by atoms with E-state index >= 15 is 0 Å². The number of nitrogens with zero attached hydrogens (tertiary/aromatic N) is 1. The molecule has 3 nitrogen and oxygen atoms in total. The fourth-order valence-corrected chi connectivity index (χ4v) is 5.08. The van der Waals surface area contributed by atoms with Crippen molar-refractivity contribution < 1.29 is 9.53 Å². The van der Waals surface area contributed by atoms with E-state index in [1.165, 1.54) is 11.1 Å². The summed E-state index contributed by atoms with van der Waals surface area (Å²) < 4.78 is 8.03. The minimum Gasteiger partial charge on any atom is -0.491 e. The first-order chi connectivity index (χ1) is 13.3. The average molecular weight is 509 g/mol. The van der Waals surface area contributed by atoms with Crippen LogP contribution in [0.3, 0.4) is 0 Å². The van der Waals surface area contributed by atoms with E-state index in [2.05, 4.69) is 81.8 Å². The topological polar surface area (TPSA) is 29.5 Å². The van der Waals surface area contributed by atoms with Gasteiger partial charge in [-0.15, -0.1) is 0 Å². The van der Waals surface area contributed by atoms with Crippen molar-refractivity contribution in [3.05, 3.63) is 61.5 Å². The molecule has 0 amide bonds. The molecule has 0 spiro atoms.